The van der Waals surface area contributed by atoms with Crippen LogP contribution in [0.15, 0.2) is 54.6 Å². The molecule has 2 amide bonds. The maximum atomic E-state index is 13.0. The van der Waals surface area contributed by atoms with Crippen molar-refractivity contribution in [1.29, 1.82) is 0 Å². The first-order chi connectivity index (χ1) is 13.9. The fourth-order valence-corrected chi connectivity index (χ4v) is 3.67. The summed E-state index contributed by atoms with van der Waals surface area (Å²) >= 11 is 0. The quantitative estimate of drug-likeness (QED) is 0.399. The molecule has 31 heavy (non-hydrogen) atoms. The smallest absolute Gasteiger partial charge is 0.550 e. The second-order valence-electron chi connectivity index (χ2n) is 7.24. The first-order valence-corrected chi connectivity index (χ1v) is 9.46. The van der Waals surface area contributed by atoms with E-state index < -0.39 is 29.9 Å². The van der Waals surface area contributed by atoms with Crippen LogP contribution in [0.25, 0.3) is 0 Å². The van der Waals surface area contributed by atoms with E-state index in [1.54, 1.807) is 24.3 Å². The van der Waals surface area contributed by atoms with Crippen LogP contribution in [0, 0.1) is 5.92 Å². The third kappa shape index (κ3) is 6.81. The second kappa shape index (κ2) is 12.6. The fraction of sp³-hybridized carbons (Fsp3) is 0.318. The number of urea groups is 1. The van der Waals surface area contributed by atoms with Crippen molar-refractivity contribution in [3.8, 4) is 0 Å². The van der Waals surface area contributed by atoms with Gasteiger partial charge in [-0.15, -0.1) is 0 Å². The number of aryl methyl sites for hydroxylation is 1. The number of carboxylic acids is 2. The van der Waals surface area contributed by atoms with Crippen LogP contribution in [0.1, 0.15) is 17.5 Å². The molecule has 0 aromatic heterocycles. The molecule has 152 valence electrons. The van der Waals surface area contributed by atoms with E-state index in [-0.39, 0.29) is 72.1 Å². The van der Waals surface area contributed by atoms with Crippen molar-refractivity contribution in [2.24, 2.45) is 5.92 Å². The second-order valence-corrected chi connectivity index (χ2v) is 7.24. The predicted octanol–water partition coefficient (Wildman–Crippen LogP) is -5.77. The molecule has 3 rings (SSSR count). The van der Waals surface area contributed by atoms with Crippen molar-refractivity contribution in [1.82, 2.24) is 4.90 Å². The molecule has 0 saturated heterocycles. The Balaban J connectivity index is 0.00000240. The van der Waals surface area contributed by atoms with Gasteiger partial charge in [0.25, 0.3) is 0 Å². The number of rotatable bonds is 7. The fourth-order valence-electron chi connectivity index (χ4n) is 3.67. The van der Waals surface area contributed by atoms with E-state index in [1.807, 2.05) is 30.3 Å². The van der Waals surface area contributed by atoms with Gasteiger partial charge >= 0.3 is 65.1 Å². The molecule has 0 bridgehead atoms. The first kappa shape index (κ1) is 27.7. The van der Waals surface area contributed by atoms with Crippen LogP contribution in [-0.2, 0) is 22.4 Å². The number of aliphatic carboxylic acids is 2. The van der Waals surface area contributed by atoms with Gasteiger partial charge in [0.1, 0.15) is 0 Å². The van der Waals surface area contributed by atoms with E-state index in [0.29, 0.717) is 18.5 Å². The summed E-state index contributed by atoms with van der Waals surface area (Å²) in [6, 6.07) is 14.7. The standard InChI is InChI=1S/C22H24N2O5.2Na/c1-23(14-17(20(25)26)12-11-15-7-3-2-4-8-15)22(29)24-18-10-6-5-9-16(18)13-19(24)21(27)28;;/h2-10,17,19H,11-14H2,1H3,(H,25,26)(H,27,28);;/q;2*+1/p-2/t17-,19+;;/m1../s1. The van der Waals surface area contributed by atoms with Crippen LogP contribution in [0.4, 0.5) is 10.5 Å². The van der Waals surface area contributed by atoms with Crippen molar-refractivity contribution in [2.75, 3.05) is 18.5 Å². The Kier molecular flexibility index (Phi) is 11.3. The van der Waals surface area contributed by atoms with Gasteiger partial charge in [-0.25, -0.2) is 4.79 Å². The van der Waals surface area contributed by atoms with Crippen molar-refractivity contribution < 1.29 is 83.7 Å². The number of carbonyl (C=O) groups is 3. The summed E-state index contributed by atoms with van der Waals surface area (Å²) in [7, 11) is 1.47. The number of para-hydroxylation sites is 1. The van der Waals surface area contributed by atoms with Gasteiger partial charge in [-0.2, -0.15) is 0 Å². The first-order valence-electron chi connectivity index (χ1n) is 9.46. The minimum Gasteiger partial charge on any atom is -0.550 e. The van der Waals surface area contributed by atoms with Crippen LogP contribution in [0.3, 0.4) is 0 Å². The number of amides is 2. The number of anilines is 1. The summed E-state index contributed by atoms with van der Waals surface area (Å²) < 4.78 is 0. The maximum Gasteiger partial charge on any atom is 1.00 e. The summed E-state index contributed by atoms with van der Waals surface area (Å²) in [5.41, 5.74) is 2.25. The minimum absolute atomic E-state index is 0. The zero-order valence-corrected chi connectivity index (χ0v) is 22.1. The van der Waals surface area contributed by atoms with Crippen LogP contribution >= 0.6 is 0 Å². The number of nitrogens with zero attached hydrogens (tertiary/aromatic N) is 2. The molecule has 1 heterocycles. The third-order valence-electron chi connectivity index (χ3n) is 5.23. The Bertz CT molecular complexity index is 910. The van der Waals surface area contributed by atoms with Crippen molar-refractivity contribution in [2.45, 2.75) is 25.3 Å². The number of hydrogen-bond donors (Lipinski definition) is 0. The predicted molar refractivity (Wildman–Crippen MR) is 103 cm³/mol. The molecule has 7 nitrogen and oxygen atoms in total. The van der Waals surface area contributed by atoms with Gasteiger partial charge < -0.3 is 24.7 Å². The molecule has 2 aromatic rings. The van der Waals surface area contributed by atoms with Gasteiger partial charge in [0.05, 0.1) is 12.0 Å². The Hall–Kier alpha value is -1.35. The van der Waals surface area contributed by atoms with Crippen LogP contribution in [-0.4, -0.2) is 42.5 Å². The monoisotopic (exact) mass is 440 g/mol. The largest absolute Gasteiger partial charge is 1.00 e. The molecule has 1 aliphatic heterocycles. The molecule has 0 aliphatic carbocycles. The van der Waals surface area contributed by atoms with Gasteiger partial charge in [-0.1, -0.05) is 48.5 Å². The summed E-state index contributed by atoms with van der Waals surface area (Å²) in [4.78, 5) is 38.6. The van der Waals surface area contributed by atoms with Crippen LogP contribution < -0.4 is 74.2 Å². The van der Waals surface area contributed by atoms with Crippen LogP contribution in [0.5, 0.6) is 0 Å². The summed E-state index contributed by atoms with van der Waals surface area (Å²) in [6.45, 7) is -0.0769. The van der Waals surface area contributed by atoms with E-state index in [0.717, 1.165) is 11.1 Å². The van der Waals surface area contributed by atoms with Gasteiger partial charge in [-0.3, -0.25) is 4.90 Å². The molecule has 9 heteroatoms. The van der Waals surface area contributed by atoms with E-state index >= 15 is 0 Å². The molecule has 0 saturated carbocycles. The molecular weight excluding hydrogens is 418 g/mol. The Morgan fingerprint density at radius 1 is 1.03 bits per heavy atom. The van der Waals surface area contributed by atoms with Gasteiger partial charge in [-0.05, 0) is 30.0 Å². The van der Waals surface area contributed by atoms with Crippen LogP contribution in [0.2, 0.25) is 0 Å². The molecule has 0 spiro atoms. The van der Waals surface area contributed by atoms with E-state index in [4.69, 9.17) is 0 Å². The molecule has 2 aromatic carbocycles. The average molecular weight is 440 g/mol. The summed E-state index contributed by atoms with van der Waals surface area (Å²) in [5, 5.41) is 23.2. The number of carboxylic acid groups (broad SMARTS) is 2. The van der Waals surface area contributed by atoms with E-state index in [9.17, 15) is 24.6 Å². The zero-order valence-electron chi connectivity index (χ0n) is 18.1. The molecule has 0 unspecified atom stereocenters. The molecule has 0 radical (unpaired) electrons. The normalized spacial score (nSPS) is 15.1. The zero-order chi connectivity index (χ0) is 21.0. The molecule has 0 fully saturated rings. The Labute approximate surface area is 226 Å². The molecule has 1 aliphatic rings. The van der Waals surface area contributed by atoms with E-state index in [2.05, 4.69) is 0 Å². The van der Waals surface area contributed by atoms with Gasteiger partial charge in [0, 0.05) is 37.6 Å². The third-order valence-corrected chi connectivity index (χ3v) is 5.23. The minimum atomic E-state index is -1.34. The van der Waals surface area contributed by atoms with Crippen molar-refractivity contribution in [3.63, 3.8) is 0 Å². The maximum absolute atomic E-state index is 13.0. The van der Waals surface area contributed by atoms with Crippen molar-refractivity contribution in [3.05, 3.63) is 65.7 Å². The molecule has 2 atom stereocenters. The number of carbonyl (C=O) groups excluding carboxylic acids is 3. The van der Waals surface area contributed by atoms with E-state index in [1.165, 1.54) is 16.8 Å². The number of fused-ring (bicyclic) bond motifs is 1. The topological polar surface area (TPSA) is 104 Å². The number of benzene rings is 2. The van der Waals surface area contributed by atoms with Gasteiger partial charge in [0.15, 0.2) is 0 Å². The Morgan fingerprint density at radius 3 is 2.26 bits per heavy atom. The molecular formula is C22H22N2Na2O5. The average Bonchev–Trinajstić information content (AvgIpc) is 3.10. The molecule has 0 N–H and O–H groups in total. The summed E-state index contributed by atoms with van der Waals surface area (Å²) in [6.07, 6.45) is 1.01. The summed E-state index contributed by atoms with van der Waals surface area (Å²) in [5.74, 6) is -3.45. The SMILES string of the molecule is CN(C[C@@H](CCc1ccccc1)C(=O)[O-])C(=O)N1c2ccccc2C[C@H]1C(=O)[O-].[Na+].[Na+]. The van der Waals surface area contributed by atoms with Crippen molar-refractivity contribution >= 4 is 23.7 Å². The number of hydrogen-bond acceptors (Lipinski definition) is 5. The van der Waals surface area contributed by atoms with Gasteiger partial charge in [0.2, 0.25) is 0 Å². The Morgan fingerprint density at radius 2 is 1.65 bits per heavy atom.